The average Bonchev–Trinajstić information content (AvgIpc) is 2.73. The normalized spacial score (nSPS) is 11.9. The van der Waals surface area contributed by atoms with E-state index >= 15 is 0 Å². The van der Waals surface area contributed by atoms with Gasteiger partial charge in [0.1, 0.15) is 10.6 Å². The van der Waals surface area contributed by atoms with Crippen molar-refractivity contribution in [1.82, 2.24) is 9.97 Å². The molecule has 2 aromatic rings. The van der Waals surface area contributed by atoms with Gasteiger partial charge in [-0.15, -0.1) is 11.3 Å². The van der Waals surface area contributed by atoms with Gasteiger partial charge in [-0.05, 0) is 11.4 Å². The van der Waals surface area contributed by atoms with Crippen LogP contribution in [0.25, 0.3) is 10.2 Å². The minimum Gasteiger partial charge on any atom is -0.396 e. The third-order valence-corrected chi connectivity index (χ3v) is 3.31. The number of nitrogens with one attached hydrogen (secondary N) is 1. The first-order valence-corrected chi connectivity index (χ1v) is 6.25. The van der Waals surface area contributed by atoms with Crippen LogP contribution in [0.4, 0.5) is 11.8 Å². The minimum absolute atomic E-state index is 0.118. The van der Waals surface area contributed by atoms with Crippen LogP contribution in [-0.4, -0.2) is 28.2 Å². The molecule has 0 aliphatic rings. The number of nitrogens with zero attached hydrogens (tertiary/aromatic N) is 2. The molecular formula is C11H16N4OS. The van der Waals surface area contributed by atoms with E-state index in [0.29, 0.717) is 6.54 Å². The van der Waals surface area contributed by atoms with Gasteiger partial charge in [0.15, 0.2) is 0 Å². The largest absolute Gasteiger partial charge is 0.396 e. The van der Waals surface area contributed by atoms with Crippen LogP contribution < -0.4 is 11.1 Å². The molecule has 2 rings (SSSR count). The third-order valence-electron chi connectivity index (χ3n) is 2.50. The number of nitrogen functional groups attached to an aromatic ring is 1. The van der Waals surface area contributed by atoms with E-state index in [1.54, 1.807) is 0 Å². The maximum atomic E-state index is 9.20. The van der Waals surface area contributed by atoms with Crippen LogP contribution >= 0.6 is 11.3 Å². The summed E-state index contributed by atoms with van der Waals surface area (Å²) in [7, 11) is 0. The molecule has 0 radical (unpaired) electrons. The van der Waals surface area contributed by atoms with Gasteiger partial charge >= 0.3 is 0 Å². The zero-order valence-corrected chi connectivity index (χ0v) is 10.7. The number of hydrogen-bond acceptors (Lipinski definition) is 6. The van der Waals surface area contributed by atoms with Gasteiger partial charge in [-0.1, -0.05) is 13.8 Å². The number of thiophene rings is 1. The fourth-order valence-corrected chi connectivity index (χ4v) is 2.16. The van der Waals surface area contributed by atoms with E-state index in [9.17, 15) is 5.11 Å². The molecule has 0 unspecified atom stereocenters. The van der Waals surface area contributed by atoms with Gasteiger partial charge in [0.05, 0.1) is 5.39 Å². The molecule has 0 bridgehead atoms. The Hall–Kier alpha value is -1.40. The lowest BCUT2D eigenvalue weighted by Crippen LogP contribution is -2.27. The Bertz CT molecular complexity index is 523. The average molecular weight is 252 g/mol. The van der Waals surface area contributed by atoms with Crippen molar-refractivity contribution in [2.24, 2.45) is 5.41 Å². The number of aromatic nitrogens is 2. The Kier molecular flexibility index (Phi) is 3.17. The molecule has 17 heavy (non-hydrogen) atoms. The van der Waals surface area contributed by atoms with Crippen molar-refractivity contribution >= 4 is 33.3 Å². The van der Waals surface area contributed by atoms with Crippen molar-refractivity contribution in [3.05, 3.63) is 11.4 Å². The summed E-state index contributed by atoms with van der Waals surface area (Å²) in [6.07, 6.45) is 0. The monoisotopic (exact) mass is 252 g/mol. The highest BCUT2D eigenvalue weighted by Gasteiger charge is 2.17. The second kappa shape index (κ2) is 4.46. The molecule has 6 heteroatoms. The van der Waals surface area contributed by atoms with E-state index in [2.05, 4.69) is 15.3 Å². The van der Waals surface area contributed by atoms with Gasteiger partial charge < -0.3 is 16.2 Å². The highest BCUT2D eigenvalue weighted by Crippen LogP contribution is 2.26. The molecule has 0 fully saturated rings. The Balaban J connectivity index is 2.26. The second-order valence-corrected chi connectivity index (χ2v) is 5.64. The Morgan fingerprint density at radius 2 is 2.24 bits per heavy atom. The molecule has 2 heterocycles. The summed E-state index contributed by atoms with van der Waals surface area (Å²) >= 11 is 1.53. The predicted molar refractivity (Wildman–Crippen MR) is 71.2 cm³/mol. The van der Waals surface area contributed by atoms with Crippen molar-refractivity contribution in [1.29, 1.82) is 0 Å². The summed E-state index contributed by atoms with van der Waals surface area (Å²) in [6.45, 7) is 4.71. The molecule has 0 amide bonds. The first-order valence-electron chi connectivity index (χ1n) is 5.37. The third kappa shape index (κ3) is 2.65. The molecule has 0 spiro atoms. The smallest absolute Gasteiger partial charge is 0.223 e. The molecule has 0 saturated carbocycles. The molecular weight excluding hydrogens is 236 g/mol. The van der Waals surface area contributed by atoms with Crippen LogP contribution in [0.3, 0.4) is 0 Å². The summed E-state index contributed by atoms with van der Waals surface area (Å²) < 4.78 is 0. The standard InChI is InChI=1S/C11H16N4OS/c1-11(2,6-16)5-13-8-7-3-4-17-9(7)15-10(12)14-8/h3-4,16H,5-6H2,1-2H3,(H3,12,13,14,15). The van der Waals surface area contributed by atoms with Crippen LogP contribution in [-0.2, 0) is 0 Å². The van der Waals surface area contributed by atoms with E-state index in [-0.39, 0.29) is 18.0 Å². The fourth-order valence-electron chi connectivity index (χ4n) is 1.39. The lowest BCUT2D eigenvalue weighted by Gasteiger charge is -2.22. The molecule has 0 aromatic carbocycles. The zero-order valence-electron chi connectivity index (χ0n) is 9.90. The summed E-state index contributed by atoms with van der Waals surface area (Å²) in [5, 5.41) is 15.4. The van der Waals surface area contributed by atoms with Gasteiger partial charge in [0.2, 0.25) is 5.95 Å². The van der Waals surface area contributed by atoms with Crippen molar-refractivity contribution in [3.8, 4) is 0 Å². The van der Waals surface area contributed by atoms with Gasteiger partial charge in [0, 0.05) is 18.6 Å². The van der Waals surface area contributed by atoms with E-state index in [1.165, 1.54) is 11.3 Å². The molecule has 0 saturated heterocycles. The summed E-state index contributed by atoms with van der Waals surface area (Å²) in [6, 6.07) is 1.97. The summed E-state index contributed by atoms with van der Waals surface area (Å²) in [4.78, 5) is 9.22. The molecule has 92 valence electrons. The van der Waals surface area contributed by atoms with Gasteiger partial charge in [-0.25, -0.2) is 4.98 Å². The first kappa shape index (κ1) is 12.1. The lowest BCUT2D eigenvalue weighted by molar-refractivity contribution is 0.171. The van der Waals surface area contributed by atoms with Gasteiger partial charge in [-0.3, -0.25) is 0 Å². The highest BCUT2D eigenvalue weighted by molar-refractivity contribution is 7.16. The van der Waals surface area contributed by atoms with Crippen LogP contribution in [0.5, 0.6) is 0 Å². The van der Waals surface area contributed by atoms with E-state index in [4.69, 9.17) is 5.73 Å². The molecule has 2 aromatic heterocycles. The lowest BCUT2D eigenvalue weighted by atomic mass is 9.95. The Labute approximate surface area is 104 Å². The maximum absolute atomic E-state index is 9.20. The van der Waals surface area contributed by atoms with Crippen molar-refractivity contribution in [3.63, 3.8) is 0 Å². The van der Waals surface area contributed by atoms with Crippen molar-refractivity contribution < 1.29 is 5.11 Å². The topological polar surface area (TPSA) is 84.1 Å². The molecule has 5 nitrogen and oxygen atoms in total. The molecule has 0 aliphatic carbocycles. The SMILES string of the molecule is CC(C)(CO)CNc1nc(N)nc2sccc12. The van der Waals surface area contributed by atoms with E-state index < -0.39 is 0 Å². The number of fused-ring (bicyclic) bond motifs is 1. The number of hydrogen-bond donors (Lipinski definition) is 3. The van der Waals surface area contributed by atoms with Crippen molar-refractivity contribution in [2.75, 3.05) is 24.2 Å². The fraction of sp³-hybridized carbons (Fsp3) is 0.455. The quantitative estimate of drug-likeness (QED) is 0.771. The maximum Gasteiger partial charge on any atom is 0.223 e. The Morgan fingerprint density at radius 1 is 1.47 bits per heavy atom. The van der Waals surface area contributed by atoms with E-state index in [1.807, 2.05) is 25.3 Å². The number of anilines is 2. The number of rotatable bonds is 4. The molecule has 0 atom stereocenters. The van der Waals surface area contributed by atoms with Crippen LogP contribution in [0.15, 0.2) is 11.4 Å². The highest BCUT2D eigenvalue weighted by atomic mass is 32.1. The van der Waals surface area contributed by atoms with Crippen molar-refractivity contribution in [2.45, 2.75) is 13.8 Å². The predicted octanol–water partition coefficient (Wildman–Crippen LogP) is 1.70. The van der Waals surface area contributed by atoms with E-state index in [0.717, 1.165) is 16.0 Å². The van der Waals surface area contributed by atoms with Crippen LogP contribution in [0, 0.1) is 5.41 Å². The minimum atomic E-state index is -0.192. The first-order chi connectivity index (χ1) is 8.02. The number of aliphatic hydroxyl groups is 1. The number of aliphatic hydroxyl groups excluding tert-OH is 1. The second-order valence-electron chi connectivity index (χ2n) is 4.75. The van der Waals surface area contributed by atoms with Gasteiger partial charge in [-0.2, -0.15) is 4.98 Å². The molecule has 0 aliphatic heterocycles. The Morgan fingerprint density at radius 3 is 2.94 bits per heavy atom. The summed E-state index contributed by atoms with van der Waals surface area (Å²) in [5.74, 6) is 1.000. The number of nitrogens with two attached hydrogens (primary N) is 1. The summed E-state index contributed by atoms with van der Waals surface area (Å²) in [5.41, 5.74) is 5.46. The zero-order chi connectivity index (χ0) is 12.5. The van der Waals surface area contributed by atoms with Crippen LogP contribution in [0.2, 0.25) is 0 Å². The van der Waals surface area contributed by atoms with Gasteiger partial charge in [0.25, 0.3) is 0 Å². The molecule has 4 N–H and O–H groups in total. The van der Waals surface area contributed by atoms with Crippen LogP contribution in [0.1, 0.15) is 13.8 Å².